The SMILES string of the molecule is O=S(=O)(Nc1ccc(Cl)cc1I)c1cc(CO)cs1. The number of aliphatic hydroxyl groups excluding tert-OH is 1. The third kappa shape index (κ3) is 3.60. The van der Waals surface area contributed by atoms with Gasteiger partial charge in [0.2, 0.25) is 0 Å². The second-order valence-electron chi connectivity index (χ2n) is 3.66. The Morgan fingerprint density at radius 3 is 2.68 bits per heavy atom. The summed E-state index contributed by atoms with van der Waals surface area (Å²) in [6.07, 6.45) is 0. The van der Waals surface area contributed by atoms with Crippen LogP contribution in [0, 0.1) is 3.57 Å². The average Bonchev–Trinajstić information content (AvgIpc) is 2.82. The summed E-state index contributed by atoms with van der Waals surface area (Å²) in [5.41, 5.74) is 1.06. The number of anilines is 1. The van der Waals surface area contributed by atoms with Crippen LogP contribution in [0.15, 0.2) is 33.9 Å². The van der Waals surface area contributed by atoms with Crippen molar-refractivity contribution in [2.45, 2.75) is 10.8 Å². The van der Waals surface area contributed by atoms with E-state index in [1.54, 1.807) is 23.6 Å². The van der Waals surface area contributed by atoms with Crippen molar-refractivity contribution in [3.8, 4) is 0 Å². The predicted molar refractivity (Wildman–Crippen MR) is 85.2 cm³/mol. The van der Waals surface area contributed by atoms with E-state index in [0.29, 0.717) is 19.8 Å². The molecule has 8 heteroatoms. The smallest absolute Gasteiger partial charge is 0.271 e. The van der Waals surface area contributed by atoms with E-state index < -0.39 is 10.0 Å². The summed E-state index contributed by atoms with van der Waals surface area (Å²) in [5, 5.41) is 11.1. The lowest BCUT2D eigenvalue weighted by molar-refractivity contribution is 0.282. The summed E-state index contributed by atoms with van der Waals surface area (Å²) >= 11 is 8.90. The van der Waals surface area contributed by atoms with Crippen molar-refractivity contribution in [1.29, 1.82) is 0 Å². The molecule has 0 spiro atoms. The van der Waals surface area contributed by atoms with Gasteiger partial charge < -0.3 is 5.11 Å². The zero-order chi connectivity index (χ0) is 14.0. The van der Waals surface area contributed by atoms with Crippen molar-refractivity contribution in [2.24, 2.45) is 0 Å². The van der Waals surface area contributed by atoms with Crippen LogP contribution in [0.1, 0.15) is 5.56 Å². The number of benzene rings is 1. The quantitative estimate of drug-likeness (QED) is 0.733. The molecule has 0 bridgehead atoms. The molecular weight excluding hydrogens is 421 g/mol. The van der Waals surface area contributed by atoms with Gasteiger partial charge in [0, 0.05) is 8.59 Å². The van der Waals surface area contributed by atoms with Gasteiger partial charge in [0.15, 0.2) is 0 Å². The van der Waals surface area contributed by atoms with Gasteiger partial charge in [-0.2, -0.15) is 0 Å². The second-order valence-corrected chi connectivity index (χ2v) is 8.08. The van der Waals surface area contributed by atoms with E-state index in [4.69, 9.17) is 16.7 Å². The zero-order valence-corrected chi connectivity index (χ0v) is 14.0. The molecule has 0 amide bonds. The molecule has 0 aliphatic carbocycles. The van der Waals surface area contributed by atoms with E-state index in [1.807, 2.05) is 22.6 Å². The minimum atomic E-state index is -3.63. The van der Waals surface area contributed by atoms with E-state index in [-0.39, 0.29) is 10.8 Å². The molecule has 0 radical (unpaired) electrons. The number of hydrogen-bond donors (Lipinski definition) is 2. The van der Waals surface area contributed by atoms with Gasteiger partial charge in [0.1, 0.15) is 4.21 Å². The minimum Gasteiger partial charge on any atom is -0.392 e. The van der Waals surface area contributed by atoms with Gasteiger partial charge in [-0.25, -0.2) is 8.42 Å². The highest BCUT2D eigenvalue weighted by Gasteiger charge is 2.18. The molecule has 4 nitrogen and oxygen atoms in total. The van der Waals surface area contributed by atoms with E-state index in [1.165, 1.54) is 6.07 Å². The molecule has 0 atom stereocenters. The average molecular weight is 430 g/mol. The lowest BCUT2D eigenvalue weighted by Gasteiger charge is -2.08. The summed E-state index contributed by atoms with van der Waals surface area (Å²) in [7, 11) is -3.63. The normalized spacial score (nSPS) is 11.5. The highest BCUT2D eigenvalue weighted by atomic mass is 127. The highest BCUT2D eigenvalue weighted by Crippen LogP contribution is 2.27. The number of rotatable bonds is 4. The molecule has 0 aliphatic rings. The van der Waals surface area contributed by atoms with Gasteiger partial charge in [0.05, 0.1) is 12.3 Å². The first kappa shape index (κ1) is 15.0. The van der Waals surface area contributed by atoms with Gasteiger partial charge in [-0.3, -0.25) is 4.72 Å². The summed E-state index contributed by atoms with van der Waals surface area (Å²) in [6.45, 7) is -0.176. The molecule has 0 aliphatic heterocycles. The molecule has 19 heavy (non-hydrogen) atoms. The predicted octanol–water partition coefficient (Wildman–Crippen LogP) is 3.30. The molecule has 102 valence electrons. The van der Waals surface area contributed by atoms with Crippen LogP contribution in [0.3, 0.4) is 0 Å². The van der Waals surface area contributed by atoms with Crippen LogP contribution < -0.4 is 4.72 Å². The summed E-state index contributed by atoms with van der Waals surface area (Å²) in [5.74, 6) is 0. The molecule has 1 aromatic heterocycles. The molecular formula is C11H9ClINO3S2. The van der Waals surface area contributed by atoms with Crippen molar-refractivity contribution in [2.75, 3.05) is 4.72 Å². The third-order valence-electron chi connectivity index (χ3n) is 2.25. The second kappa shape index (κ2) is 5.96. The highest BCUT2D eigenvalue weighted by molar-refractivity contribution is 14.1. The Balaban J connectivity index is 2.30. The van der Waals surface area contributed by atoms with Crippen molar-refractivity contribution < 1.29 is 13.5 Å². The third-order valence-corrected chi connectivity index (χ3v) is 6.23. The van der Waals surface area contributed by atoms with E-state index in [2.05, 4.69) is 4.72 Å². The zero-order valence-electron chi connectivity index (χ0n) is 9.43. The fraction of sp³-hybridized carbons (Fsp3) is 0.0909. The van der Waals surface area contributed by atoms with Crippen LogP contribution >= 0.6 is 45.5 Å². The Hall–Kier alpha value is -0.350. The van der Waals surface area contributed by atoms with Gasteiger partial charge in [0.25, 0.3) is 10.0 Å². The Morgan fingerprint density at radius 1 is 1.37 bits per heavy atom. The van der Waals surface area contributed by atoms with Crippen molar-refractivity contribution in [1.82, 2.24) is 0 Å². The number of halogens is 2. The standard InChI is InChI=1S/C11H9ClINO3S2/c12-8-1-2-10(9(13)4-8)14-19(16,17)11-3-7(5-15)6-18-11/h1-4,6,14-15H,5H2. The van der Waals surface area contributed by atoms with Crippen LogP contribution in [0.2, 0.25) is 5.02 Å². The number of sulfonamides is 1. The topological polar surface area (TPSA) is 66.4 Å². The Kier molecular flexibility index (Phi) is 4.72. The fourth-order valence-corrected chi connectivity index (χ4v) is 4.81. The molecule has 2 aromatic rings. The number of aliphatic hydroxyl groups is 1. The lowest BCUT2D eigenvalue weighted by Crippen LogP contribution is -2.12. The molecule has 2 N–H and O–H groups in total. The van der Waals surface area contributed by atoms with Crippen molar-refractivity contribution >= 4 is 61.2 Å². The van der Waals surface area contributed by atoms with Gasteiger partial charge in [-0.15, -0.1) is 11.3 Å². The van der Waals surface area contributed by atoms with Gasteiger partial charge in [-0.05, 0) is 57.8 Å². The van der Waals surface area contributed by atoms with Crippen LogP contribution in [0.25, 0.3) is 0 Å². The molecule has 1 aromatic carbocycles. The molecule has 0 fully saturated rings. The van der Waals surface area contributed by atoms with Crippen molar-refractivity contribution in [3.63, 3.8) is 0 Å². The molecule has 2 rings (SSSR count). The van der Waals surface area contributed by atoms with Crippen LogP contribution in [-0.2, 0) is 16.6 Å². The summed E-state index contributed by atoms with van der Waals surface area (Å²) in [6, 6.07) is 6.36. The Bertz CT molecular complexity index is 700. The van der Waals surface area contributed by atoms with Crippen molar-refractivity contribution in [3.05, 3.63) is 43.8 Å². The van der Waals surface area contributed by atoms with E-state index >= 15 is 0 Å². The first-order valence-electron chi connectivity index (χ1n) is 5.08. The van der Waals surface area contributed by atoms with Crippen LogP contribution in [0.5, 0.6) is 0 Å². The van der Waals surface area contributed by atoms with Gasteiger partial charge >= 0.3 is 0 Å². The maximum atomic E-state index is 12.1. The molecule has 0 saturated heterocycles. The lowest BCUT2D eigenvalue weighted by atomic mass is 10.3. The molecule has 1 heterocycles. The Morgan fingerprint density at radius 2 is 2.11 bits per heavy atom. The minimum absolute atomic E-state index is 0.169. The fourth-order valence-electron chi connectivity index (χ4n) is 1.34. The summed E-state index contributed by atoms with van der Waals surface area (Å²) in [4.78, 5) is 0. The number of nitrogens with one attached hydrogen (secondary N) is 1. The number of thiophene rings is 1. The largest absolute Gasteiger partial charge is 0.392 e. The Labute approximate surface area is 133 Å². The maximum Gasteiger partial charge on any atom is 0.271 e. The monoisotopic (exact) mass is 429 g/mol. The molecule has 0 unspecified atom stereocenters. The first-order chi connectivity index (χ1) is 8.92. The van der Waals surface area contributed by atoms with Crippen LogP contribution in [0.4, 0.5) is 5.69 Å². The number of hydrogen-bond acceptors (Lipinski definition) is 4. The summed E-state index contributed by atoms with van der Waals surface area (Å²) < 4.78 is 27.7. The van der Waals surface area contributed by atoms with Crippen LogP contribution in [-0.4, -0.2) is 13.5 Å². The maximum absolute atomic E-state index is 12.1. The van der Waals surface area contributed by atoms with Gasteiger partial charge in [-0.1, -0.05) is 11.6 Å². The molecule has 0 saturated carbocycles. The van der Waals surface area contributed by atoms with E-state index in [0.717, 1.165) is 11.3 Å². The van der Waals surface area contributed by atoms with E-state index in [9.17, 15) is 8.42 Å². The first-order valence-corrected chi connectivity index (χ1v) is 8.90.